The zero-order valence-electron chi connectivity index (χ0n) is 7.92. The highest BCUT2D eigenvalue weighted by Gasteiger charge is 2.05. The summed E-state index contributed by atoms with van der Waals surface area (Å²) in [6.45, 7) is 0.865. The smallest absolute Gasteiger partial charge is 0.145 e. The van der Waals surface area contributed by atoms with Crippen molar-refractivity contribution in [2.45, 2.75) is 6.42 Å². The minimum absolute atomic E-state index is 0.175. The van der Waals surface area contributed by atoms with Crippen molar-refractivity contribution in [3.05, 3.63) is 10.8 Å². The largest absolute Gasteiger partial charge is 0.396 e. The van der Waals surface area contributed by atoms with Crippen LogP contribution < -0.4 is 10.6 Å². The molecule has 0 unspecified atom stereocenters. The van der Waals surface area contributed by atoms with E-state index < -0.39 is 0 Å². The monoisotopic (exact) mass is 260 g/mol. The predicted octanol–water partition coefficient (Wildman–Crippen LogP) is 1.08. The summed E-state index contributed by atoms with van der Waals surface area (Å²) in [7, 11) is 1.80. The van der Waals surface area contributed by atoms with Crippen LogP contribution in [-0.2, 0) is 0 Å². The number of nitrogens with one attached hydrogen (secondary N) is 2. The highest BCUT2D eigenvalue weighted by Crippen LogP contribution is 2.25. The molecule has 0 atom stereocenters. The van der Waals surface area contributed by atoms with Crippen LogP contribution in [0.4, 0.5) is 11.6 Å². The molecule has 14 heavy (non-hydrogen) atoms. The SMILES string of the molecule is CNc1ncnc(NCCCO)c1Br. The second-order valence-corrected chi connectivity index (χ2v) is 3.43. The van der Waals surface area contributed by atoms with E-state index >= 15 is 0 Å². The highest BCUT2D eigenvalue weighted by atomic mass is 79.9. The van der Waals surface area contributed by atoms with Crippen LogP contribution >= 0.6 is 15.9 Å². The summed E-state index contributed by atoms with van der Waals surface area (Å²) >= 11 is 3.38. The summed E-state index contributed by atoms with van der Waals surface area (Å²) in [5.41, 5.74) is 0. The molecule has 0 saturated carbocycles. The standard InChI is InChI=1S/C8H13BrN4O/c1-10-7-6(9)8(13-5-12-7)11-3-2-4-14/h5,14H,2-4H2,1H3,(H2,10,11,12,13). The van der Waals surface area contributed by atoms with Gasteiger partial charge in [-0.15, -0.1) is 0 Å². The third-order valence-electron chi connectivity index (χ3n) is 1.65. The molecule has 0 fully saturated rings. The molecule has 1 aromatic rings. The number of aliphatic hydroxyl groups excluding tert-OH is 1. The number of nitrogens with zero attached hydrogens (tertiary/aromatic N) is 2. The van der Waals surface area contributed by atoms with Crippen LogP contribution in [0.2, 0.25) is 0 Å². The number of halogens is 1. The second kappa shape index (κ2) is 5.77. The summed E-state index contributed by atoms with van der Waals surface area (Å²) in [6, 6.07) is 0. The fourth-order valence-electron chi connectivity index (χ4n) is 0.953. The van der Waals surface area contributed by atoms with Crippen LogP contribution in [0.15, 0.2) is 10.8 Å². The topological polar surface area (TPSA) is 70.1 Å². The van der Waals surface area contributed by atoms with Gasteiger partial charge in [0.05, 0.1) is 0 Å². The average molecular weight is 261 g/mol. The first-order chi connectivity index (χ1) is 6.79. The van der Waals surface area contributed by atoms with Gasteiger partial charge in [0.2, 0.25) is 0 Å². The Bertz CT molecular complexity index is 295. The van der Waals surface area contributed by atoms with E-state index in [1.165, 1.54) is 6.33 Å². The van der Waals surface area contributed by atoms with E-state index in [-0.39, 0.29) is 6.61 Å². The number of hydrogen-bond donors (Lipinski definition) is 3. The third-order valence-corrected chi connectivity index (χ3v) is 2.40. The van der Waals surface area contributed by atoms with Crippen LogP contribution in [0, 0.1) is 0 Å². The Labute approximate surface area is 91.1 Å². The van der Waals surface area contributed by atoms with Crippen molar-refractivity contribution < 1.29 is 5.11 Å². The lowest BCUT2D eigenvalue weighted by Gasteiger charge is -2.08. The van der Waals surface area contributed by atoms with E-state index in [4.69, 9.17) is 5.11 Å². The molecule has 0 amide bonds. The van der Waals surface area contributed by atoms with Crippen LogP contribution in [-0.4, -0.2) is 35.3 Å². The zero-order valence-corrected chi connectivity index (χ0v) is 9.50. The average Bonchev–Trinajstić information content (AvgIpc) is 2.21. The van der Waals surface area contributed by atoms with Crippen LogP contribution in [0.3, 0.4) is 0 Å². The van der Waals surface area contributed by atoms with E-state index in [1.54, 1.807) is 7.05 Å². The summed E-state index contributed by atoms with van der Waals surface area (Å²) in [5, 5.41) is 14.6. The molecule has 78 valence electrons. The van der Waals surface area contributed by atoms with Gasteiger partial charge in [-0.2, -0.15) is 0 Å². The molecule has 0 saturated heterocycles. The molecule has 5 nitrogen and oxygen atoms in total. The van der Waals surface area contributed by atoms with E-state index in [2.05, 4.69) is 36.5 Å². The van der Waals surface area contributed by atoms with Crippen molar-refractivity contribution in [2.24, 2.45) is 0 Å². The van der Waals surface area contributed by atoms with E-state index in [0.29, 0.717) is 13.0 Å². The molecule has 1 rings (SSSR count). The third kappa shape index (κ3) is 2.81. The molecule has 0 radical (unpaired) electrons. The molecule has 0 bridgehead atoms. The summed E-state index contributed by atoms with van der Waals surface area (Å²) in [4.78, 5) is 8.10. The number of rotatable bonds is 5. The van der Waals surface area contributed by atoms with Gasteiger partial charge in [-0.1, -0.05) is 0 Å². The highest BCUT2D eigenvalue weighted by molar-refractivity contribution is 9.10. The normalized spacial score (nSPS) is 9.93. The molecule has 0 aromatic carbocycles. The first-order valence-electron chi connectivity index (χ1n) is 4.32. The molecule has 0 aliphatic rings. The Morgan fingerprint density at radius 1 is 1.43 bits per heavy atom. The van der Waals surface area contributed by atoms with E-state index in [1.807, 2.05) is 0 Å². The fourth-order valence-corrected chi connectivity index (χ4v) is 1.50. The summed E-state index contributed by atoms with van der Waals surface area (Å²) in [6.07, 6.45) is 2.18. The van der Waals surface area contributed by atoms with Gasteiger partial charge in [0.25, 0.3) is 0 Å². The number of hydrogen-bond acceptors (Lipinski definition) is 5. The maximum atomic E-state index is 8.62. The Morgan fingerprint density at radius 3 is 2.79 bits per heavy atom. The lowest BCUT2D eigenvalue weighted by atomic mass is 10.4. The Kier molecular flexibility index (Phi) is 4.61. The van der Waals surface area contributed by atoms with Gasteiger partial charge in [-0.3, -0.25) is 0 Å². The molecule has 1 aromatic heterocycles. The van der Waals surface area contributed by atoms with Gasteiger partial charge in [0.1, 0.15) is 22.4 Å². The van der Waals surface area contributed by atoms with E-state index in [0.717, 1.165) is 16.1 Å². The van der Waals surface area contributed by atoms with Gasteiger partial charge in [-0.05, 0) is 22.4 Å². The Hall–Kier alpha value is -0.880. The summed E-state index contributed by atoms with van der Waals surface area (Å²) < 4.78 is 0.806. The van der Waals surface area contributed by atoms with Crippen molar-refractivity contribution in [3.8, 4) is 0 Å². The Morgan fingerprint density at radius 2 is 2.14 bits per heavy atom. The molecule has 0 aliphatic carbocycles. The molecule has 0 spiro atoms. The van der Waals surface area contributed by atoms with Crippen molar-refractivity contribution >= 4 is 27.6 Å². The zero-order chi connectivity index (χ0) is 10.4. The van der Waals surface area contributed by atoms with Gasteiger partial charge >= 0.3 is 0 Å². The maximum Gasteiger partial charge on any atom is 0.145 e. The van der Waals surface area contributed by atoms with Crippen LogP contribution in [0.1, 0.15) is 6.42 Å². The molecular weight excluding hydrogens is 248 g/mol. The number of anilines is 2. The molecule has 0 aliphatic heterocycles. The number of aliphatic hydroxyl groups is 1. The van der Waals surface area contributed by atoms with Gasteiger partial charge in [-0.25, -0.2) is 9.97 Å². The number of aromatic nitrogens is 2. The first-order valence-corrected chi connectivity index (χ1v) is 5.12. The van der Waals surface area contributed by atoms with Gasteiger partial charge < -0.3 is 15.7 Å². The quantitative estimate of drug-likeness (QED) is 0.692. The molecule has 3 N–H and O–H groups in total. The second-order valence-electron chi connectivity index (χ2n) is 2.64. The minimum atomic E-state index is 0.175. The van der Waals surface area contributed by atoms with Crippen molar-refractivity contribution in [2.75, 3.05) is 30.8 Å². The van der Waals surface area contributed by atoms with Crippen molar-refractivity contribution in [1.82, 2.24) is 9.97 Å². The van der Waals surface area contributed by atoms with Crippen molar-refractivity contribution in [1.29, 1.82) is 0 Å². The fraction of sp³-hybridized carbons (Fsp3) is 0.500. The maximum absolute atomic E-state index is 8.62. The molecule has 6 heteroatoms. The van der Waals surface area contributed by atoms with E-state index in [9.17, 15) is 0 Å². The predicted molar refractivity (Wildman–Crippen MR) is 59.5 cm³/mol. The summed E-state index contributed by atoms with van der Waals surface area (Å²) in [5.74, 6) is 1.48. The van der Waals surface area contributed by atoms with Gasteiger partial charge in [0, 0.05) is 20.2 Å². The van der Waals surface area contributed by atoms with Crippen LogP contribution in [0.25, 0.3) is 0 Å². The lowest BCUT2D eigenvalue weighted by molar-refractivity contribution is 0.292. The van der Waals surface area contributed by atoms with Crippen LogP contribution in [0.5, 0.6) is 0 Å². The van der Waals surface area contributed by atoms with Crippen molar-refractivity contribution in [3.63, 3.8) is 0 Å². The first kappa shape index (κ1) is 11.2. The molecule has 1 heterocycles. The Balaban J connectivity index is 2.66. The molecular formula is C8H13BrN4O. The lowest BCUT2D eigenvalue weighted by Crippen LogP contribution is -2.07. The van der Waals surface area contributed by atoms with Gasteiger partial charge in [0.15, 0.2) is 0 Å². The minimum Gasteiger partial charge on any atom is -0.396 e.